The Labute approximate surface area is 118 Å². The molecule has 0 saturated heterocycles. The fraction of sp³-hybridized carbons (Fsp3) is 0.235. The zero-order chi connectivity index (χ0) is 13.9. The van der Waals surface area contributed by atoms with Crippen LogP contribution < -0.4 is 9.64 Å². The zero-order valence-corrected chi connectivity index (χ0v) is 11.5. The Balaban J connectivity index is 1.89. The standard InChI is InChI=1S/C17H17NO2/c1-2-18-14-10-6-7-11-15(14)20-16(17(18)19)12-13-8-4-3-5-9-13/h3-11,16H,2,12H2,1H3. The Kier molecular flexibility index (Phi) is 3.42. The van der Waals surface area contributed by atoms with Crippen molar-refractivity contribution in [1.82, 2.24) is 0 Å². The molecule has 20 heavy (non-hydrogen) atoms. The lowest BCUT2D eigenvalue weighted by atomic mass is 10.0. The number of carbonyl (C=O) groups excluding carboxylic acids is 1. The van der Waals surface area contributed by atoms with Crippen molar-refractivity contribution in [3.63, 3.8) is 0 Å². The Morgan fingerprint density at radius 1 is 1.05 bits per heavy atom. The van der Waals surface area contributed by atoms with Gasteiger partial charge in [0.25, 0.3) is 5.91 Å². The van der Waals surface area contributed by atoms with Crippen molar-refractivity contribution in [2.24, 2.45) is 0 Å². The number of likely N-dealkylation sites (N-methyl/N-ethyl adjacent to an activating group) is 1. The fourth-order valence-electron chi connectivity index (χ4n) is 2.56. The van der Waals surface area contributed by atoms with E-state index in [4.69, 9.17) is 4.74 Å². The van der Waals surface area contributed by atoms with E-state index in [1.54, 1.807) is 4.90 Å². The molecular weight excluding hydrogens is 250 g/mol. The van der Waals surface area contributed by atoms with E-state index >= 15 is 0 Å². The van der Waals surface area contributed by atoms with Gasteiger partial charge in [-0.05, 0) is 24.6 Å². The van der Waals surface area contributed by atoms with Crippen LogP contribution in [0.1, 0.15) is 12.5 Å². The molecule has 3 rings (SSSR count). The molecule has 1 unspecified atom stereocenters. The predicted molar refractivity (Wildman–Crippen MR) is 79.0 cm³/mol. The highest BCUT2D eigenvalue weighted by atomic mass is 16.5. The molecule has 0 N–H and O–H groups in total. The molecule has 1 amide bonds. The van der Waals surface area contributed by atoms with Gasteiger partial charge in [-0.2, -0.15) is 0 Å². The maximum Gasteiger partial charge on any atom is 0.268 e. The van der Waals surface area contributed by atoms with E-state index in [2.05, 4.69) is 0 Å². The van der Waals surface area contributed by atoms with Crippen LogP contribution in [-0.4, -0.2) is 18.6 Å². The van der Waals surface area contributed by atoms with Gasteiger partial charge in [0, 0.05) is 13.0 Å². The molecule has 3 nitrogen and oxygen atoms in total. The molecule has 0 aliphatic carbocycles. The lowest BCUT2D eigenvalue weighted by Crippen LogP contribution is -2.46. The van der Waals surface area contributed by atoms with Gasteiger partial charge in [0.15, 0.2) is 6.10 Å². The normalized spacial score (nSPS) is 17.6. The fourth-order valence-corrected chi connectivity index (χ4v) is 2.56. The van der Waals surface area contributed by atoms with E-state index < -0.39 is 6.10 Å². The third-order valence-corrected chi connectivity index (χ3v) is 3.55. The van der Waals surface area contributed by atoms with Gasteiger partial charge in [0.05, 0.1) is 5.69 Å². The molecule has 0 aromatic heterocycles. The summed E-state index contributed by atoms with van der Waals surface area (Å²) in [5.74, 6) is 0.824. The molecular formula is C17H17NO2. The summed E-state index contributed by atoms with van der Waals surface area (Å²) in [4.78, 5) is 14.3. The van der Waals surface area contributed by atoms with E-state index in [0.29, 0.717) is 13.0 Å². The van der Waals surface area contributed by atoms with Crippen LogP contribution in [0.2, 0.25) is 0 Å². The summed E-state index contributed by atoms with van der Waals surface area (Å²) in [6.45, 7) is 2.64. The van der Waals surface area contributed by atoms with Crippen LogP contribution in [-0.2, 0) is 11.2 Å². The summed E-state index contributed by atoms with van der Waals surface area (Å²) in [5, 5.41) is 0. The van der Waals surface area contributed by atoms with Crippen LogP contribution in [0.5, 0.6) is 5.75 Å². The zero-order valence-electron chi connectivity index (χ0n) is 11.5. The second kappa shape index (κ2) is 5.37. The molecule has 0 spiro atoms. The molecule has 1 aliphatic rings. The Morgan fingerprint density at radius 2 is 1.75 bits per heavy atom. The summed E-state index contributed by atoms with van der Waals surface area (Å²) in [6.07, 6.45) is 0.164. The van der Waals surface area contributed by atoms with Gasteiger partial charge in [0.1, 0.15) is 5.75 Å². The maximum absolute atomic E-state index is 12.5. The van der Waals surface area contributed by atoms with Crippen molar-refractivity contribution in [1.29, 1.82) is 0 Å². The third-order valence-electron chi connectivity index (χ3n) is 3.55. The van der Waals surface area contributed by atoms with E-state index in [1.165, 1.54) is 0 Å². The molecule has 102 valence electrons. The average Bonchev–Trinajstić information content (AvgIpc) is 2.49. The first-order valence-electron chi connectivity index (χ1n) is 6.90. The van der Waals surface area contributed by atoms with Crippen molar-refractivity contribution in [2.45, 2.75) is 19.4 Å². The lowest BCUT2D eigenvalue weighted by Gasteiger charge is -2.33. The molecule has 0 bridgehead atoms. The second-order valence-electron chi connectivity index (χ2n) is 4.85. The van der Waals surface area contributed by atoms with Crippen LogP contribution in [0.15, 0.2) is 54.6 Å². The van der Waals surface area contributed by atoms with Crippen molar-refractivity contribution in [2.75, 3.05) is 11.4 Å². The molecule has 0 radical (unpaired) electrons. The van der Waals surface area contributed by atoms with Crippen molar-refractivity contribution < 1.29 is 9.53 Å². The molecule has 1 aliphatic heterocycles. The Hall–Kier alpha value is -2.29. The summed E-state index contributed by atoms with van der Waals surface area (Å²) in [5.41, 5.74) is 1.98. The van der Waals surface area contributed by atoms with Crippen molar-refractivity contribution >= 4 is 11.6 Å². The summed E-state index contributed by atoms with van der Waals surface area (Å²) >= 11 is 0. The summed E-state index contributed by atoms with van der Waals surface area (Å²) < 4.78 is 5.89. The number of para-hydroxylation sites is 2. The van der Waals surface area contributed by atoms with E-state index in [9.17, 15) is 4.79 Å². The third kappa shape index (κ3) is 2.27. The van der Waals surface area contributed by atoms with E-state index in [0.717, 1.165) is 17.0 Å². The van der Waals surface area contributed by atoms with Gasteiger partial charge >= 0.3 is 0 Å². The van der Waals surface area contributed by atoms with Gasteiger partial charge < -0.3 is 9.64 Å². The first-order chi connectivity index (χ1) is 9.79. The smallest absolute Gasteiger partial charge is 0.268 e. The van der Waals surface area contributed by atoms with Crippen LogP contribution in [0, 0.1) is 0 Å². The number of fused-ring (bicyclic) bond motifs is 1. The van der Waals surface area contributed by atoms with Crippen molar-refractivity contribution in [3.8, 4) is 5.75 Å². The highest BCUT2D eigenvalue weighted by Crippen LogP contribution is 2.34. The minimum Gasteiger partial charge on any atom is -0.478 e. The molecule has 2 aromatic rings. The molecule has 2 aromatic carbocycles. The number of amides is 1. The summed E-state index contributed by atoms with van der Waals surface area (Å²) in [6, 6.07) is 17.7. The van der Waals surface area contributed by atoms with Gasteiger partial charge in [0.2, 0.25) is 0 Å². The van der Waals surface area contributed by atoms with Gasteiger partial charge in [-0.1, -0.05) is 42.5 Å². The Bertz CT molecular complexity index is 609. The minimum atomic E-state index is -0.438. The maximum atomic E-state index is 12.5. The first-order valence-corrected chi connectivity index (χ1v) is 6.90. The predicted octanol–water partition coefficient (Wildman–Crippen LogP) is 3.04. The number of hydrogen-bond acceptors (Lipinski definition) is 2. The lowest BCUT2D eigenvalue weighted by molar-refractivity contribution is -0.126. The number of hydrogen-bond donors (Lipinski definition) is 0. The molecule has 1 atom stereocenters. The van der Waals surface area contributed by atoms with Gasteiger partial charge in [-0.25, -0.2) is 0 Å². The van der Waals surface area contributed by atoms with E-state index in [1.807, 2.05) is 61.5 Å². The molecule has 3 heteroatoms. The van der Waals surface area contributed by atoms with Crippen LogP contribution in [0.4, 0.5) is 5.69 Å². The number of rotatable bonds is 3. The number of nitrogens with zero attached hydrogens (tertiary/aromatic N) is 1. The highest BCUT2D eigenvalue weighted by molar-refractivity contribution is 6.00. The van der Waals surface area contributed by atoms with E-state index in [-0.39, 0.29) is 5.91 Å². The second-order valence-corrected chi connectivity index (χ2v) is 4.85. The quantitative estimate of drug-likeness (QED) is 0.855. The van der Waals surface area contributed by atoms with Crippen LogP contribution >= 0.6 is 0 Å². The SMILES string of the molecule is CCN1C(=O)C(Cc2ccccc2)Oc2ccccc21. The molecule has 1 heterocycles. The van der Waals surface area contributed by atoms with Crippen LogP contribution in [0.25, 0.3) is 0 Å². The minimum absolute atomic E-state index is 0.0371. The Morgan fingerprint density at radius 3 is 2.50 bits per heavy atom. The molecule has 0 fully saturated rings. The van der Waals surface area contributed by atoms with Gasteiger partial charge in [-0.3, -0.25) is 4.79 Å². The number of anilines is 1. The topological polar surface area (TPSA) is 29.5 Å². The van der Waals surface area contributed by atoms with Gasteiger partial charge in [-0.15, -0.1) is 0 Å². The monoisotopic (exact) mass is 267 g/mol. The first kappa shape index (κ1) is 12.7. The number of carbonyl (C=O) groups is 1. The highest BCUT2D eigenvalue weighted by Gasteiger charge is 2.33. The molecule has 0 saturated carbocycles. The number of benzene rings is 2. The largest absolute Gasteiger partial charge is 0.478 e. The van der Waals surface area contributed by atoms with Crippen LogP contribution in [0.3, 0.4) is 0 Å². The summed E-state index contributed by atoms with van der Waals surface area (Å²) in [7, 11) is 0. The number of ether oxygens (including phenoxy) is 1. The average molecular weight is 267 g/mol. The van der Waals surface area contributed by atoms with Crippen molar-refractivity contribution in [3.05, 3.63) is 60.2 Å².